The van der Waals surface area contributed by atoms with Gasteiger partial charge in [-0.2, -0.15) is 4.98 Å². The molecule has 0 bridgehead atoms. The first-order valence-corrected chi connectivity index (χ1v) is 5.85. The highest BCUT2D eigenvalue weighted by molar-refractivity contribution is 5.87. The maximum absolute atomic E-state index is 10.7. The predicted octanol–water partition coefficient (Wildman–Crippen LogP) is 2.47. The van der Waals surface area contributed by atoms with Gasteiger partial charge in [0.2, 0.25) is 11.7 Å². The van der Waals surface area contributed by atoms with Crippen molar-refractivity contribution in [3.05, 3.63) is 41.5 Å². The molecule has 0 amide bonds. The van der Waals surface area contributed by atoms with E-state index in [0.717, 1.165) is 0 Å². The van der Waals surface area contributed by atoms with E-state index in [0.29, 0.717) is 17.5 Å². The third-order valence-corrected chi connectivity index (χ3v) is 2.45. The second-order valence-corrected chi connectivity index (χ2v) is 4.32. The van der Waals surface area contributed by atoms with Crippen molar-refractivity contribution in [3.63, 3.8) is 0 Å². The van der Waals surface area contributed by atoms with E-state index in [-0.39, 0.29) is 18.1 Å². The van der Waals surface area contributed by atoms with Crippen LogP contribution in [-0.4, -0.2) is 21.2 Å². The Morgan fingerprint density at radius 3 is 2.58 bits per heavy atom. The third-order valence-electron chi connectivity index (χ3n) is 2.45. The summed E-state index contributed by atoms with van der Waals surface area (Å²) in [5, 5.41) is 12.6. The molecule has 0 aliphatic carbocycles. The van der Waals surface area contributed by atoms with Gasteiger partial charge in [-0.1, -0.05) is 19.0 Å². The Bertz CT molecular complexity index is 560. The number of rotatable bonds is 5. The van der Waals surface area contributed by atoms with Crippen LogP contribution in [0.4, 0.5) is 0 Å². The predicted molar refractivity (Wildman–Crippen MR) is 66.1 cm³/mol. The average Bonchev–Trinajstić information content (AvgIpc) is 2.86. The molecule has 0 saturated carbocycles. The van der Waals surface area contributed by atoms with Crippen molar-refractivity contribution in [1.29, 1.82) is 0 Å². The fourth-order valence-electron chi connectivity index (χ4n) is 1.40. The minimum atomic E-state index is -0.966. The Morgan fingerprint density at radius 2 is 2.05 bits per heavy atom. The van der Waals surface area contributed by atoms with E-state index >= 15 is 0 Å². The Kier molecular flexibility index (Phi) is 3.79. The zero-order valence-corrected chi connectivity index (χ0v) is 10.7. The summed E-state index contributed by atoms with van der Waals surface area (Å²) in [5.41, 5.74) is 0.217. The summed E-state index contributed by atoms with van der Waals surface area (Å²) < 4.78 is 10.5. The van der Waals surface area contributed by atoms with Gasteiger partial charge < -0.3 is 14.4 Å². The van der Waals surface area contributed by atoms with Crippen LogP contribution in [0.2, 0.25) is 0 Å². The summed E-state index contributed by atoms with van der Waals surface area (Å²) in [7, 11) is 0. The molecule has 0 aliphatic heterocycles. The van der Waals surface area contributed by atoms with Crippen LogP contribution in [0.1, 0.15) is 41.8 Å². The van der Waals surface area contributed by atoms with Gasteiger partial charge in [0.1, 0.15) is 5.75 Å². The molecule has 6 heteroatoms. The molecule has 100 valence electrons. The lowest BCUT2D eigenvalue weighted by atomic mass is 10.2. The second-order valence-electron chi connectivity index (χ2n) is 4.32. The van der Waals surface area contributed by atoms with Crippen molar-refractivity contribution in [2.75, 3.05) is 0 Å². The first-order chi connectivity index (χ1) is 9.06. The normalized spacial score (nSPS) is 10.7. The Hall–Kier alpha value is -2.37. The van der Waals surface area contributed by atoms with Gasteiger partial charge in [0.25, 0.3) is 0 Å². The summed E-state index contributed by atoms with van der Waals surface area (Å²) in [5.74, 6) is 0.800. The van der Waals surface area contributed by atoms with Crippen LogP contribution in [-0.2, 0) is 6.61 Å². The van der Waals surface area contributed by atoms with Gasteiger partial charge in [0, 0.05) is 5.92 Å². The van der Waals surface area contributed by atoms with Crippen LogP contribution in [0, 0.1) is 0 Å². The summed E-state index contributed by atoms with van der Waals surface area (Å²) in [6, 6.07) is 6.14. The van der Waals surface area contributed by atoms with Crippen molar-refractivity contribution in [2.45, 2.75) is 26.4 Å². The molecule has 0 atom stereocenters. The molecule has 19 heavy (non-hydrogen) atoms. The van der Waals surface area contributed by atoms with Crippen molar-refractivity contribution < 1.29 is 19.2 Å². The molecule has 1 N–H and O–H groups in total. The van der Waals surface area contributed by atoms with Gasteiger partial charge in [-0.25, -0.2) is 4.79 Å². The number of carboxylic acids is 1. The first kappa shape index (κ1) is 13.1. The van der Waals surface area contributed by atoms with Gasteiger partial charge in [0.05, 0.1) is 5.56 Å². The van der Waals surface area contributed by atoms with E-state index in [2.05, 4.69) is 10.1 Å². The summed E-state index contributed by atoms with van der Waals surface area (Å²) in [6.45, 7) is 4.11. The molecule has 0 saturated heterocycles. The molecule has 2 aromatic rings. The Labute approximate surface area is 110 Å². The molecule has 0 radical (unpaired) electrons. The highest BCUT2D eigenvalue weighted by atomic mass is 16.5. The van der Waals surface area contributed by atoms with Gasteiger partial charge >= 0.3 is 5.97 Å². The van der Waals surface area contributed by atoms with E-state index in [9.17, 15) is 4.79 Å². The molecule has 6 nitrogen and oxygen atoms in total. The molecular weight excluding hydrogens is 248 g/mol. The smallest absolute Gasteiger partial charge is 0.335 e. The lowest BCUT2D eigenvalue weighted by Gasteiger charge is -2.03. The number of nitrogens with zero attached hydrogens (tertiary/aromatic N) is 2. The van der Waals surface area contributed by atoms with E-state index < -0.39 is 5.97 Å². The van der Waals surface area contributed by atoms with Crippen LogP contribution < -0.4 is 4.74 Å². The van der Waals surface area contributed by atoms with Crippen LogP contribution in [0.25, 0.3) is 0 Å². The first-order valence-electron chi connectivity index (χ1n) is 5.85. The fraction of sp³-hybridized carbons (Fsp3) is 0.308. The standard InChI is InChI=1S/C13H14N2O4/c1-8(2)12-14-11(15-19-12)7-18-10-5-3-9(4-6-10)13(16)17/h3-6,8H,7H2,1-2H3,(H,16,17). The second kappa shape index (κ2) is 5.51. The number of hydrogen-bond acceptors (Lipinski definition) is 5. The molecule has 1 aromatic heterocycles. The van der Waals surface area contributed by atoms with Gasteiger partial charge in [0.15, 0.2) is 6.61 Å². The zero-order chi connectivity index (χ0) is 13.8. The van der Waals surface area contributed by atoms with E-state index in [4.69, 9.17) is 14.4 Å². The highest BCUT2D eigenvalue weighted by Gasteiger charge is 2.10. The SMILES string of the molecule is CC(C)c1nc(COc2ccc(C(=O)O)cc2)no1. The molecular formula is C13H14N2O4. The van der Waals surface area contributed by atoms with Crippen molar-refractivity contribution in [2.24, 2.45) is 0 Å². The number of hydrogen-bond donors (Lipinski definition) is 1. The largest absolute Gasteiger partial charge is 0.485 e. The highest BCUT2D eigenvalue weighted by Crippen LogP contribution is 2.15. The average molecular weight is 262 g/mol. The van der Waals surface area contributed by atoms with Crippen molar-refractivity contribution >= 4 is 5.97 Å². The lowest BCUT2D eigenvalue weighted by molar-refractivity contribution is 0.0697. The van der Waals surface area contributed by atoms with Crippen LogP contribution in [0.15, 0.2) is 28.8 Å². The number of aromatic carboxylic acids is 1. The van der Waals surface area contributed by atoms with E-state index in [1.165, 1.54) is 12.1 Å². The Balaban J connectivity index is 1.96. The topological polar surface area (TPSA) is 85.5 Å². The van der Waals surface area contributed by atoms with Crippen molar-refractivity contribution in [3.8, 4) is 5.75 Å². The number of ether oxygens (including phenoxy) is 1. The minimum absolute atomic E-state index is 0.177. The molecule has 0 aliphatic rings. The number of benzene rings is 1. The maximum Gasteiger partial charge on any atom is 0.335 e. The molecule has 0 spiro atoms. The molecule has 1 aromatic carbocycles. The summed E-state index contributed by atoms with van der Waals surface area (Å²) in [6.07, 6.45) is 0. The van der Waals surface area contributed by atoms with Gasteiger partial charge in [-0.3, -0.25) is 0 Å². The molecule has 0 unspecified atom stereocenters. The number of carbonyl (C=O) groups is 1. The summed E-state index contributed by atoms with van der Waals surface area (Å²) in [4.78, 5) is 14.9. The zero-order valence-electron chi connectivity index (χ0n) is 10.7. The van der Waals surface area contributed by atoms with Gasteiger partial charge in [-0.15, -0.1) is 0 Å². The van der Waals surface area contributed by atoms with E-state index in [1.54, 1.807) is 12.1 Å². The van der Waals surface area contributed by atoms with Crippen LogP contribution >= 0.6 is 0 Å². The number of aromatic nitrogens is 2. The quantitative estimate of drug-likeness (QED) is 0.890. The summed E-state index contributed by atoms with van der Waals surface area (Å²) >= 11 is 0. The number of carboxylic acid groups (broad SMARTS) is 1. The molecule has 2 rings (SSSR count). The third kappa shape index (κ3) is 3.31. The fourth-order valence-corrected chi connectivity index (χ4v) is 1.40. The Morgan fingerprint density at radius 1 is 1.37 bits per heavy atom. The molecule has 1 heterocycles. The minimum Gasteiger partial charge on any atom is -0.485 e. The van der Waals surface area contributed by atoms with Crippen LogP contribution in [0.3, 0.4) is 0 Å². The van der Waals surface area contributed by atoms with E-state index in [1.807, 2.05) is 13.8 Å². The molecule has 0 fully saturated rings. The van der Waals surface area contributed by atoms with Gasteiger partial charge in [-0.05, 0) is 24.3 Å². The maximum atomic E-state index is 10.7. The lowest BCUT2D eigenvalue weighted by Crippen LogP contribution is -1.99. The van der Waals surface area contributed by atoms with Crippen molar-refractivity contribution in [1.82, 2.24) is 10.1 Å². The van der Waals surface area contributed by atoms with Crippen LogP contribution in [0.5, 0.6) is 5.75 Å². The monoisotopic (exact) mass is 262 g/mol.